The van der Waals surface area contributed by atoms with E-state index in [4.69, 9.17) is 0 Å². The number of aromatic nitrogens is 1. The highest BCUT2D eigenvalue weighted by molar-refractivity contribution is 5.14. The van der Waals surface area contributed by atoms with Gasteiger partial charge in [-0.15, -0.1) is 0 Å². The molecule has 1 unspecified atom stereocenters. The second-order valence-corrected chi connectivity index (χ2v) is 6.00. The van der Waals surface area contributed by atoms with Crippen molar-refractivity contribution in [3.63, 3.8) is 0 Å². The molecule has 1 fully saturated rings. The summed E-state index contributed by atoms with van der Waals surface area (Å²) in [7, 11) is 0. The van der Waals surface area contributed by atoms with Gasteiger partial charge in [0.1, 0.15) is 0 Å². The van der Waals surface area contributed by atoms with Gasteiger partial charge in [-0.05, 0) is 41.8 Å². The van der Waals surface area contributed by atoms with E-state index in [0.29, 0.717) is 10.8 Å². The highest BCUT2D eigenvalue weighted by Gasteiger charge is 2.43. The number of nitrogens with zero attached hydrogens (tertiary/aromatic N) is 1. The molecule has 1 N–H and O–H groups in total. The van der Waals surface area contributed by atoms with Crippen molar-refractivity contribution in [2.45, 2.75) is 33.6 Å². The van der Waals surface area contributed by atoms with E-state index in [1.54, 1.807) is 0 Å². The predicted molar refractivity (Wildman–Crippen MR) is 67.3 cm³/mol. The highest BCUT2D eigenvalue weighted by atomic mass is 14.9. The number of pyridine rings is 1. The molecule has 0 saturated carbocycles. The Labute approximate surface area is 98.5 Å². The van der Waals surface area contributed by atoms with Gasteiger partial charge < -0.3 is 5.32 Å². The predicted octanol–water partition coefficient (Wildman–Crippen LogP) is 2.65. The molecular weight excluding hydrogens is 196 g/mol. The molecule has 0 aliphatic carbocycles. The summed E-state index contributed by atoms with van der Waals surface area (Å²) in [6.45, 7) is 9.35. The summed E-state index contributed by atoms with van der Waals surface area (Å²) in [5.74, 6) is 0. The largest absolute Gasteiger partial charge is 0.316 e. The summed E-state index contributed by atoms with van der Waals surface area (Å²) in [6.07, 6.45) is 6.26. The molecule has 1 aliphatic heterocycles. The maximum atomic E-state index is 4.22. The van der Waals surface area contributed by atoms with Gasteiger partial charge in [-0.25, -0.2) is 0 Å². The summed E-state index contributed by atoms with van der Waals surface area (Å²) in [4.78, 5) is 4.22. The Hall–Kier alpha value is -0.890. The van der Waals surface area contributed by atoms with Crippen molar-refractivity contribution < 1.29 is 0 Å². The van der Waals surface area contributed by atoms with E-state index in [9.17, 15) is 0 Å². The lowest BCUT2D eigenvalue weighted by molar-refractivity contribution is 0.109. The van der Waals surface area contributed by atoms with Gasteiger partial charge in [0.25, 0.3) is 0 Å². The van der Waals surface area contributed by atoms with E-state index >= 15 is 0 Å². The molecule has 88 valence electrons. The van der Waals surface area contributed by atoms with Crippen molar-refractivity contribution in [2.24, 2.45) is 10.8 Å². The SMILES string of the molecule is CC(C)(C)C1(Cc2cccnc2)CCNC1. The number of hydrogen-bond donors (Lipinski definition) is 1. The fourth-order valence-electron chi connectivity index (χ4n) is 2.69. The molecule has 1 saturated heterocycles. The van der Waals surface area contributed by atoms with Crippen LogP contribution in [-0.2, 0) is 6.42 Å². The van der Waals surface area contributed by atoms with Gasteiger partial charge in [-0.3, -0.25) is 4.98 Å². The van der Waals surface area contributed by atoms with Gasteiger partial charge in [0.15, 0.2) is 0 Å². The maximum Gasteiger partial charge on any atom is 0.0300 e. The molecule has 2 heteroatoms. The Balaban J connectivity index is 2.22. The molecule has 16 heavy (non-hydrogen) atoms. The molecule has 0 aromatic carbocycles. The van der Waals surface area contributed by atoms with Crippen LogP contribution in [0.2, 0.25) is 0 Å². The fourth-order valence-corrected chi connectivity index (χ4v) is 2.69. The molecule has 1 aromatic rings. The number of rotatable bonds is 2. The fraction of sp³-hybridized carbons (Fsp3) is 0.643. The van der Waals surface area contributed by atoms with E-state index in [1.165, 1.54) is 12.0 Å². The molecule has 2 heterocycles. The van der Waals surface area contributed by atoms with Crippen molar-refractivity contribution in [1.29, 1.82) is 0 Å². The monoisotopic (exact) mass is 218 g/mol. The second-order valence-electron chi connectivity index (χ2n) is 6.00. The first-order valence-corrected chi connectivity index (χ1v) is 6.13. The van der Waals surface area contributed by atoms with Gasteiger partial charge in [-0.1, -0.05) is 26.8 Å². The summed E-state index contributed by atoms with van der Waals surface area (Å²) in [5.41, 5.74) is 2.09. The van der Waals surface area contributed by atoms with Crippen LogP contribution in [0.3, 0.4) is 0 Å². The van der Waals surface area contributed by atoms with Crippen LogP contribution >= 0.6 is 0 Å². The summed E-state index contributed by atoms with van der Waals surface area (Å²) in [6, 6.07) is 4.23. The summed E-state index contributed by atoms with van der Waals surface area (Å²) >= 11 is 0. The van der Waals surface area contributed by atoms with Crippen molar-refractivity contribution in [2.75, 3.05) is 13.1 Å². The zero-order chi connectivity index (χ0) is 11.6. The van der Waals surface area contributed by atoms with Gasteiger partial charge >= 0.3 is 0 Å². The van der Waals surface area contributed by atoms with Gasteiger partial charge in [0.05, 0.1) is 0 Å². The molecule has 0 radical (unpaired) electrons. The van der Waals surface area contributed by atoms with Crippen molar-refractivity contribution in [3.8, 4) is 0 Å². The Morgan fingerprint density at radius 3 is 2.75 bits per heavy atom. The first kappa shape index (κ1) is 11.6. The van der Waals surface area contributed by atoms with E-state index < -0.39 is 0 Å². The summed E-state index contributed by atoms with van der Waals surface area (Å²) < 4.78 is 0. The quantitative estimate of drug-likeness (QED) is 0.825. The average Bonchev–Trinajstić information content (AvgIpc) is 2.68. The van der Waals surface area contributed by atoms with Gasteiger partial charge in [0.2, 0.25) is 0 Å². The minimum Gasteiger partial charge on any atom is -0.316 e. The molecule has 0 spiro atoms. The third kappa shape index (κ3) is 2.12. The lowest BCUT2D eigenvalue weighted by Crippen LogP contribution is -2.39. The number of hydrogen-bond acceptors (Lipinski definition) is 2. The molecule has 1 aromatic heterocycles. The van der Waals surface area contributed by atoms with Crippen LogP contribution in [0.5, 0.6) is 0 Å². The zero-order valence-corrected chi connectivity index (χ0v) is 10.6. The third-order valence-electron chi connectivity index (χ3n) is 4.10. The summed E-state index contributed by atoms with van der Waals surface area (Å²) in [5, 5.41) is 3.52. The third-order valence-corrected chi connectivity index (χ3v) is 4.10. The normalized spacial score (nSPS) is 25.9. The van der Waals surface area contributed by atoms with Gasteiger partial charge in [0, 0.05) is 18.9 Å². The molecule has 2 nitrogen and oxygen atoms in total. The number of nitrogens with one attached hydrogen (secondary N) is 1. The topological polar surface area (TPSA) is 24.9 Å². The standard InChI is InChI=1S/C14H22N2/c1-13(2,3)14(6-8-16-11-14)9-12-5-4-7-15-10-12/h4-5,7,10,16H,6,8-9,11H2,1-3H3. The lowest BCUT2D eigenvalue weighted by Gasteiger charge is -2.41. The lowest BCUT2D eigenvalue weighted by atomic mass is 9.63. The molecule has 2 rings (SSSR count). The zero-order valence-electron chi connectivity index (χ0n) is 10.6. The molecule has 0 bridgehead atoms. The minimum absolute atomic E-state index is 0.340. The minimum atomic E-state index is 0.340. The molecular formula is C14H22N2. The van der Waals surface area contributed by atoms with Crippen molar-refractivity contribution >= 4 is 0 Å². The van der Waals surface area contributed by atoms with Crippen LogP contribution in [-0.4, -0.2) is 18.1 Å². The first-order valence-electron chi connectivity index (χ1n) is 6.13. The Kier molecular flexibility index (Phi) is 3.02. The van der Waals surface area contributed by atoms with Crippen LogP contribution in [0.1, 0.15) is 32.8 Å². The van der Waals surface area contributed by atoms with E-state index in [2.05, 4.69) is 37.1 Å². The smallest absolute Gasteiger partial charge is 0.0300 e. The van der Waals surface area contributed by atoms with Crippen LogP contribution < -0.4 is 5.32 Å². The maximum absolute atomic E-state index is 4.22. The Bertz CT molecular complexity index is 332. The van der Waals surface area contributed by atoms with Crippen LogP contribution in [0, 0.1) is 10.8 Å². The van der Waals surface area contributed by atoms with Crippen LogP contribution in [0.15, 0.2) is 24.5 Å². The molecule has 0 amide bonds. The second kappa shape index (κ2) is 4.17. The van der Waals surface area contributed by atoms with Crippen molar-refractivity contribution in [3.05, 3.63) is 30.1 Å². The van der Waals surface area contributed by atoms with Crippen LogP contribution in [0.4, 0.5) is 0 Å². The van der Waals surface area contributed by atoms with Crippen molar-refractivity contribution in [1.82, 2.24) is 10.3 Å². The van der Waals surface area contributed by atoms with Gasteiger partial charge in [-0.2, -0.15) is 0 Å². The molecule has 1 atom stereocenters. The average molecular weight is 218 g/mol. The first-order chi connectivity index (χ1) is 7.54. The van der Waals surface area contributed by atoms with E-state index in [-0.39, 0.29) is 0 Å². The highest BCUT2D eigenvalue weighted by Crippen LogP contribution is 2.45. The van der Waals surface area contributed by atoms with E-state index in [1.807, 2.05) is 18.5 Å². The molecule has 1 aliphatic rings. The Morgan fingerprint density at radius 2 is 2.25 bits per heavy atom. The van der Waals surface area contributed by atoms with Crippen LogP contribution in [0.25, 0.3) is 0 Å². The van der Waals surface area contributed by atoms with E-state index in [0.717, 1.165) is 19.5 Å². The Morgan fingerprint density at radius 1 is 1.44 bits per heavy atom.